The predicted octanol–water partition coefficient (Wildman–Crippen LogP) is 10.9. The molecule has 1 aliphatic rings. The van der Waals surface area contributed by atoms with Crippen LogP contribution in [0.4, 0.5) is 11.4 Å². The second-order valence-corrected chi connectivity index (χ2v) is 13.1. The molecule has 0 fully saturated rings. The van der Waals surface area contributed by atoms with Crippen LogP contribution in [0.15, 0.2) is 155 Å². The molecule has 0 N–H and O–H groups in total. The molecule has 1 heterocycles. The summed E-state index contributed by atoms with van der Waals surface area (Å²) in [7, 11) is 1.67. The van der Waals surface area contributed by atoms with Gasteiger partial charge in [0.1, 0.15) is 11.5 Å². The molecule has 0 unspecified atom stereocenters. The lowest BCUT2D eigenvalue weighted by Gasteiger charge is -2.32. The Morgan fingerprint density at radius 2 is 0.940 bits per heavy atom. The van der Waals surface area contributed by atoms with Crippen LogP contribution in [0.3, 0.4) is 0 Å². The van der Waals surface area contributed by atoms with Crippen molar-refractivity contribution in [2.24, 2.45) is 0 Å². The third kappa shape index (κ3) is 6.38. The van der Waals surface area contributed by atoms with Crippen molar-refractivity contribution in [1.82, 2.24) is 0 Å². The van der Waals surface area contributed by atoms with E-state index in [4.69, 9.17) is 9.47 Å². The number of hydrogen-bond donors (Lipinski definition) is 0. The van der Waals surface area contributed by atoms with Crippen molar-refractivity contribution in [1.29, 1.82) is 0 Å². The fourth-order valence-corrected chi connectivity index (χ4v) is 7.51. The van der Waals surface area contributed by atoms with Crippen LogP contribution in [0, 0.1) is 23.7 Å². The Bertz CT molecular complexity index is 2360. The summed E-state index contributed by atoms with van der Waals surface area (Å²) < 4.78 is 11.5. The monoisotopic (exact) mass is 663 g/mol. The zero-order valence-electron chi connectivity index (χ0n) is 27.6. The van der Waals surface area contributed by atoms with Gasteiger partial charge in [0.25, 0.3) is 0 Å². The Morgan fingerprint density at radius 1 is 0.500 bits per heavy atom. The van der Waals surface area contributed by atoms with Gasteiger partial charge in [0.15, 0.2) is 0 Å². The maximum atomic E-state index is 6.19. The quantitative estimate of drug-likeness (QED) is 0.100. The van der Waals surface area contributed by atoms with Crippen molar-refractivity contribution in [2.75, 3.05) is 25.2 Å². The Kier molecular flexibility index (Phi) is 8.86. The number of rotatable bonds is 6. The summed E-state index contributed by atoms with van der Waals surface area (Å²) in [6, 6.07) is 50.0. The molecule has 0 saturated carbocycles. The highest BCUT2D eigenvalue weighted by atomic mass is 32.2. The molecule has 240 valence electrons. The summed E-state index contributed by atoms with van der Waals surface area (Å²) in [6.45, 7) is 1.51. The number of methoxy groups -OCH3 is 1. The van der Waals surface area contributed by atoms with Gasteiger partial charge in [0, 0.05) is 38.6 Å². The molecule has 0 aromatic heterocycles. The zero-order chi connectivity index (χ0) is 33.7. The van der Waals surface area contributed by atoms with Gasteiger partial charge >= 0.3 is 0 Å². The van der Waals surface area contributed by atoms with Gasteiger partial charge in [-0.2, -0.15) is 0 Å². The largest absolute Gasteiger partial charge is 0.497 e. The van der Waals surface area contributed by atoms with Crippen LogP contribution in [0.2, 0.25) is 0 Å². The van der Waals surface area contributed by atoms with Crippen LogP contribution in [0.5, 0.6) is 11.5 Å². The first-order valence-corrected chi connectivity index (χ1v) is 17.5. The first kappa shape index (κ1) is 31.2. The zero-order valence-corrected chi connectivity index (χ0v) is 28.5. The standard InChI is InChI=1S/C46H33NO2S/c1-48-35-25-19-33(20-26-35)23-29-41-37-11-2-4-13-39(37)42(40-14-5-3-12-38(40)41)30-24-34-21-27-36(28-22-34)49-32-10-31-47-43-15-6-8-17-45(43)50-46-18-9-7-16-44(46)47/h2-9,11-22,25-28H,10,31-32H2,1H3. The average molecular weight is 664 g/mol. The van der Waals surface area contributed by atoms with Gasteiger partial charge in [-0.1, -0.05) is 108 Å². The Labute approximate surface area is 297 Å². The Morgan fingerprint density at radius 3 is 1.42 bits per heavy atom. The van der Waals surface area contributed by atoms with Crippen molar-refractivity contribution in [3.8, 4) is 35.2 Å². The van der Waals surface area contributed by atoms with E-state index in [1.165, 1.54) is 21.2 Å². The summed E-state index contributed by atoms with van der Waals surface area (Å²) in [5.74, 6) is 15.5. The van der Waals surface area contributed by atoms with Gasteiger partial charge in [0.2, 0.25) is 0 Å². The number of nitrogens with zero attached hydrogens (tertiary/aromatic N) is 1. The predicted molar refractivity (Wildman–Crippen MR) is 207 cm³/mol. The normalized spacial score (nSPS) is 11.5. The number of anilines is 2. The van der Waals surface area contributed by atoms with Gasteiger partial charge in [-0.3, -0.25) is 0 Å². The van der Waals surface area contributed by atoms with Gasteiger partial charge < -0.3 is 14.4 Å². The van der Waals surface area contributed by atoms with E-state index in [0.717, 1.165) is 68.3 Å². The highest BCUT2D eigenvalue weighted by Crippen LogP contribution is 2.47. The molecule has 4 heteroatoms. The minimum atomic E-state index is 0.630. The van der Waals surface area contributed by atoms with Crippen LogP contribution >= 0.6 is 11.8 Å². The van der Waals surface area contributed by atoms with Crippen molar-refractivity contribution in [3.63, 3.8) is 0 Å². The van der Waals surface area contributed by atoms with Crippen molar-refractivity contribution in [2.45, 2.75) is 16.2 Å². The van der Waals surface area contributed by atoms with E-state index in [2.05, 4.69) is 126 Å². The third-order valence-electron chi connectivity index (χ3n) is 8.87. The number of benzene rings is 7. The molecule has 0 atom stereocenters. The molecular formula is C46H33NO2S. The van der Waals surface area contributed by atoms with E-state index in [1.54, 1.807) is 7.11 Å². The summed E-state index contributed by atoms with van der Waals surface area (Å²) >= 11 is 1.84. The number of hydrogen-bond acceptors (Lipinski definition) is 4. The van der Waals surface area contributed by atoms with Gasteiger partial charge in [-0.25, -0.2) is 0 Å². The molecule has 0 radical (unpaired) electrons. The van der Waals surface area contributed by atoms with E-state index < -0.39 is 0 Å². The smallest absolute Gasteiger partial charge is 0.119 e. The molecule has 8 rings (SSSR count). The average Bonchev–Trinajstić information content (AvgIpc) is 3.18. The number of ether oxygens (including phenoxy) is 2. The Hall–Kier alpha value is -6.07. The molecule has 3 nitrogen and oxygen atoms in total. The highest BCUT2D eigenvalue weighted by molar-refractivity contribution is 7.99. The fraction of sp³-hybridized carbons (Fsp3) is 0.0870. The maximum absolute atomic E-state index is 6.19. The first-order chi connectivity index (χ1) is 24.7. The maximum Gasteiger partial charge on any atom is 0.119 e. The molecule has 0 amide bonds. The van der Waals surface area contributed by atoms with E-state index in [1.807, 2.05) is 60.3 Å². The van der Waals surface area contributed by atoms with Crippen LogP contribution in [-0.4, -0.2) is 20.3 Å². The number of para-hydroxylation sites is 2. The molecule has 0 aliphatic carbocycles. The highest BCUT2D eigenvalue weighted by Gasteiger charge is 2.22. The van der Waals surface area contributed by atoms with E-state index in [0.29, 0.717) is 6.61 Å². The molecular weight excluding hydrogens is 631 g/mol. The van der Waals surface area contributed by atoms with Gasteiger partial charge in [-0.05, 0) is 101 Å². The van der Waals surface area contributed by atoms with Crippen LogP contribution < -0.4 is 14.4 Å². The third-order valence-corrected chi connectivity index (χ3v) is 10.00. The minimum absolute atomic E-state index is 0.630. The SMILES string of the molecule is COc1ccc(C#Cc2c3ccccc3c(C#Cc3ccc(OCCCN4c5ccccc5Sc5ccccc54)cc3)c3ccccc23)cc1. The lowest BCUT2D eigenvalue weighted by atomic mass is 9.92. The molecule has 7 aromatic carbocycles. The van der Waals surface area contributed by atoms with Crippen molar-refractivity contribution in [3.05, 3.63) is 168 Å². The van der Waals surface area contributed by atoms with Gasteiger partial charge in [-0.15, -0.1) is 0 Å². The summed E-state index contributed by atoms with van der Waals surface area (Å²) in [5, 5.41) is 4.37. The molecule has 0 saturated heterocycles. The van der Waals surface area contributed by atoms with Crippen LogP contribution in [-0.2, 0) is 0 Å². The van der Waals surface area contributed by atoms with E-state index in [-0.39, 0.29) is 0 Å². The van der Waals surface area contributed by atoms with Crippen LogP contribution in [0.25, 0.3) is 21.5 Å². The van der Waals surface area contributed by atoms with Crippen molar-refractivity contribution >= 4 is 44.7 Å². The summed E-state index contributed by atoms with van der Waals surface area (Å²) in [4.78, 5) is 5.00. The lowest BCUT2D eigenvalue weighted by Crippen LogP contribution is -2.23. The Balaban J connectivity index is 0.999. The second kappa shape index (κ2) is 14.2. The summed E-state index contributed by atoms with van der Waals surface area (Å²) in [5.41, 5.74) is 6.41. The minimum Gasteiger partial charge on any atom is -0.497 e. The molecule has 0 spiro atoms. The van der Waals surface area contributed by atoms with E-state index >= 15 is 0 Å². The molecule has 7 aromatic rings. The van der Waals surface area contributed by atoms with Crippen molar-refractivity contribution < 1.29 is 9.47 Å². The summed E-state index contributed by atoms with van der Waals surface area (Å²) in [6.07, 6.45) is 0.898. The van der Waals surface area contributed by atoms with Crippen LogP contribution in [0.1, 0.15) is 28.7 Å². The van der Waals surface area contributed by atoms with Gasteiger partial charge in [0.05, 0.1) is 25.1 Å². The number of fused-ring (bicyclic) bond motifs is 4. The molecule has 1 aliphatic heterocycles. The first-order valence-electron chi connectivity index (χ1n) is 16.7. The molecule has 0 bridgehead atoms. The fourth-order valence-electron chi connectivity index (χ4n) is 6.41. The molecule has 50 heavy (non-hydrogen) atoms. The topological polar surface area (TPSA) is 21.7 Å². The second-order valence-electron chi connectivity index (χ2n) is 12.0. The lowest BCUT2D eigenvalue weighted by molar-refractivity contribution is 0.313. The van der Waals surface area contributed by atoms with E-state index in [9.17, 15) is 0 Å².